The van der Waals surface area contributed by atoms with Gasteiger partial charge in [0.1, 0.15) is 5.82 Å². The Kier molecular flexibility index (Phi) is 4.14. The quantitative estimate of drug-likeness (QED) is 0.785. The molecule has 1 amide bonds. The van der Waals surface area contributed by atoms with Gasteiger partial charge in [0.2, 0.25) is 5.91 Å². The maximum Gasteiger partial charge on any atom is 0.220 e. The van der Waals surface area contributed by atoms with Crippen LogP contribution in [-0.2, 0) is 18.4 Å². The summed E-state index contributed by atoms with van der Waals surface area (Å²) in [4.78, 5) is 15.8. The summed E-state index contributed by atoms with van der Waals surface area (Å²) in [5.41, 5.74) is 0. The average molecular weight is 236 g/mol. The van der Waals surface area contributed by atoms with Gasteiger partial charge in [0.25, 0.3) is 0 Å². The summed E-state index contributed by atoms with van der Waals surface area (Å²) in [6.07, 6.45) is 7.59. The molecular weight excluding hydrogens is 216 g/mol. The lowest BCUT2D eigenvalue weighted by Gasteiger charge is -2.09. The molecule has 1 unspecified atom stereocenters. The molecule has 1 saturated heterocycles. The molecule has 1 fully saturated rings. The largest absolute Gasteiger partial charge is 0.349 e. The van der Waals surface area contributed by atoms with E-state index >= 15 is 0 Å². The molecule has 0 bridgehead atoms. The lowest BCUT2D eigenvalue weighted by molar-refractivity contribution is -0.121. The summed E-state index contributed by atoms with van der Waals surface area (Å²) in [5.74, 6) is 0.999. The molecular formula is C12H20N4O. The van der Waals surface area contributed by atoms with E-state index in [1.54, 1.807) is 6.20 Å². The number of hydrogen-bond acceptors (Lipinski definition) is 3. The van der Waals surface area contributed by atoms with Crippen molar-refractivity contribution in [3.8, 4) is 0 Å². The first-order valence-corrected chi connectivity index (χ1v) is 6.22. The van der Waals surface area contributed by atoms with Crippen molar-refractivity contribution in [3.63, 3.8) is 0 Å². The Hall–Kier alpha value is -1.36. The first-order chi connectivity index (χ1) is 8.25. The van der Waals surface area contributed by atoms with E-state index < -0.39 is 0 Å². The van der Waals surface area contributed by atoms with Gasteiger partial charge < -0.3 is 15.2 Å². The highest BCUT2D eigenvalue weighted by atomic mass is 16.1. The van der Waals surface area contributed by atoms with Gasteiger partial charge in [0.15, 0.2) is 0 Å². The summed E-state index contributed by atoms with van der Waals surface area (Å²) in [7, 11) is 1.93. The maximum atomic E-state index is 11.6. The van der Waals surface area contributed by atoms with Crippen molar-refractivity contribution < 1.29 is 4.79 Å². The number of nitrogens with zero attached hydrogens (tertiary/aromatic N) is 2. The summed E-state index contributed by atoms with van der Waals surface area (Å²) in [5, 5.41) is 6.29. The van der Waals surface area contributed by atoms with Gasteiger partial charge in [-0.2, -0.15) is 0 Å². The third-order valence-electron chi connectivity index (χ3n) is 3.25. The van der Waals surface area contributed by atoms with Crippen LogP contribution in [0.3, 0.4) is 0 Å². The van der Waals surface area contributed by atoms with Crippen LogP contribution in [0.15, 0.2) is 12.4 Å². The second-order valence-corrected chi connectivity index (χ2v) is 4.56. The minimum Gasteiger partial charge on any atom is -0.349 e. The lowest BCUT2D eigenvalue weighted by atomic mass is 10.1. The summed E-state index contributed by atoms with van der Waals surface area (Å²) < 4.78 is 1.92. The molecule has 0 radical (unpaired) electrons. The van der Waals surface area contributed by atoms with Crippen LogP contribution in [0, 0.1) is 0 Å². The Balaban J connectivity index is 1.65. The predicted octanol–water partition coefficient (Wildman–Crippen LogP) is 0.568. The topological polar surface area (TPSA) is 59.0 Å². The number of imidazole rings is 1. The molecule has 0 saturated carbocycles. The smallest absolute Gasteiger partial charge is 0.220 e. The van der Waals surface area contributed by atoms with E-state index in [0.717, 1.165) is 18.8 Å². The van der Waals surface area contributed by atoms with Crippen LogP contribution in [0.1, 0.15) is 31.5 Å². The molecule has 1 atom stereocenters. The van der Waals surface area contributed by atoms with Crippen molar-refractivity contribution >= 4 is 5.91 Å². The Labute approximate surface area is 102 Å². The number of hydrogen-bond donors (Lipinski definition) is 2. The fourth-order valence-corrected chi connectivity index (χ4v) is 2.14. The monoisotopic (exact) mass is 236 g/mol. The predicted molar refractivity (Wildman–Crippen MR) is 65.3 cm³/mol. The third kappa shape index (κ3) is 3.56. The Morgan fingerprint density at radius 2 is 2.59 bits per heavy atom. The molecule has 1 aromatic rings. The van der Waals surface area contributed by atoms with Gasteiger partial charge in [0.05, 0.1) is 6.54 Å². The van der Waals surface area contributed by atoms with Crippen molar-refractivity contribution in [2.45, 2.75) is 38.3 Å². The summed E-state index contributed by atoms with van der Waals surface area (Å²) in [6, 6.07) is 0.536. The molecule has 94 valence electrons. The molecule has 0 spiro atoms. The molecule has 2 rings (SSSR count). The van der Waals surface area contributed by atoms with Gasteiger partial charge in [0, 0.05) is 31.9 Å². The summed E-state index contributed by atoms with van der Waals surface area (Å²) in [6.45, 7) is 1.61. The Morgan fingerprint density at radius 1 is 1.71 bits per heavy atom. The zero-order valence-electron chi connectivity index (χ0n) is 10.3. The van der Waals surface area contributed by atoms with Crippen molar-refractivity contribution in [1.82, 2.24) is 20.2 Å². The van der Waals surface area contributed by atoms with Crippen LogP contribution >= 0.6 is 0 Å². The molecule has 2 heterocycles. The number of amides is 1. The summed E-state index contributed by atoms with van der Waals surface area (Å²) >= 11 is 0. The van der Waals surface area contributed by atoms with Gasteiger partial charge in [-0.15, -0.1) is 0 Å². The number of aromatic nitrogens is 2. The van der Waals surface area contributed by atoms with E-state index in [0.29, 0.717) is 19.0 Å². The van der Waals surface area contributed by atoms with Crippen LogP contribution < -0.4 is 10.6 Å². The highest BCUT2D eigenvalue weighted by Crippen LogP contribution is 2.10. The van der Waals surface area contributed by atoms with Crippen LogP contribution in [0.2, 0.25) is 0 Å². The average Bonchev–Trinajstić information content (AvgIpc) is 2.95. The van der Waals surface area contributed by atoms with Crippen molar-refractivity contribution in [2.24, 2.45) is 7.05 Å². The molecule has 5 nitrogen and oxygen atoms in total. The zero-order valence-corrected chi connectivity index (χ0v) is 10.3. The van der Waals surface area contributed by atoms with E-state index in [2.05, 4.69) is 15.6 Å². The minimum absolute atomic E-state index is 0.113. The van der Waals surface area contributed by atoms with E-state index in [9.17, 15) is 4.79 Å². The number of aryl methyl sites for hydroxylation is 1. The van der Waals surface area contributed by atoms with Crippen molar-refractivity contribution in [3.05, 3.63) is 18.2 Å². The molecule has 1 aliphatic heterocycles. The fourth-order valence-electron chi connectivity index (χ4n) is 2.14. The first kappa shape index (κ1) is 12.1. The van der Waals surface area contributed by atoms with Crippen LogP contribution in [0.4, 0.5) is 0 Å². The fraction of sp³-hybridized carbons (Fsp3) is 0.667. The SMILES string of the molecule is Cn1ccnc1CNC(=O)CCC1CCCN1. The van der Waals surface area contributed by atoms with Gasteiger partial charge in [-0.05, 0) is 25.8 Å². The molecule has 1 aliphatic rings. The highest BCUT2D eigenvalue weighted by molar-refractivity contribution is 5.75. The van der Waals surface area contributed by atoms with Crippen LogP contribution in [-0.4, -0.2) is 28.0 Å². The van der Waals surface area contributed by atoms with Crippen molar-refractivity contribution in [1.29, 1.82) is 0 Å². The third-order valence-corrected chi connectivity index (χ3v) is 3.25. The Morgan fingerprint density at radius 3 is 3.24 bits per heavy atom. The zero-order chi connectivity index (χ0) is 12.1. The van der Waals surface area contributed by atoms with Gasteiger partial charge in [-0.25, -0.2) is 4.98 Å². The van der Waals surface area contributed by atoms with E-state index in [1.807, 2.05) is 17.8 Å². The standard InChI is InChI=1S/C12H20N4O/c1-16-8-7-14-11(16)9-15-12(17)5-4-10-3-2-6-13-10/h7-8,10,13H,2-6,9H2,1H3,(H,15,17). The van der Waals surface area contributed by atoms with E-state index in [1.165, 1.54) is 12.8 Å². The number of carbonyl (C=O) groups is 1. The molecule has 2 N–H and O–H groups in total. The maximum absolute atomic E-state index is 11.6. The van der Waals surface area contributed by atoms with Gasteiger partial charge >= 0.3 is 0 Å². The number of carbonyl (C=O) groups excluding carboxylic acids is 1. The minimum atomic E-state index is 0.113. The molecule has 17 heavy (non-hydrogen) atoms. The van der Waals surface area contributed by atoms with Crippen LogP contribution in [0.25, 0.3) is 0 Å². The number of nitrogens with one attached hydrogen (secondary N) is 2. The van der Waals surface area contributed by atoms with Crippen LogP contribution in [0.5, 0.6) is 0 Å². The molecule has 0 aromatic carbocycles. The first-order valence-electron chi connectivity index (χ1n) is 6.22. The van der Waals surface area contributed by atoms with E-state index in [-0.39, 0.29) is 5.91 Å². The normalized spacial score (nSPS) is 19.5. The van der Waals surface area contributed by atoms with Gasteiger partial charge in [-0.3, -0.25) is 4.79 Å². The lowest BCUT2D eigenvalue weighted by Crippen LogP contribution is -2.27. The number of rotatable bonds is 5. The van der Waals surface area contributed by atoms with E-state index in [4.69, 9.17) is 0 Å². The second kappa shape index (κ2) is 5.82. The molecule has 5 heteroatoms. The molecule has 1 aromatic heterocycles. The molecule has 0 aliphatic carbocycles. The second-order valence-electron chi connectivity index (χ2n) is 4.56. The van der Waals surface area contributed by atoms with Gasteiger partial charge in [-0.1, -0.05) is 0 Å². The van der Waals surface area contributed by atoms with Crippen molar-refractivity contribution in [2.75, 3.05) is 6.54 Å². The Bertz CT molecular complexity index is 368. The highest BCUT2D eigenvalue weighted by Gasteiger charge is 2.15.